The highest BCUT2D eigenvalue weighted by atomic mass is 79.9. The van der Waals surface area contributed by atoms with Gasteiger partial charge in [-0.3, -0.25) is 9.88 Å². The van der Waals surface area contributed by atoms with Crippen LogP contribution in [0.15, 0.2) is 41.4 Å². The van der Waals surface area contributed by atoms with Crippen molar-refractivity contribution in [3.63, 3.8) is 0 Å². The average molecular weight is 348 g/mol. The van der Waals surface area contributed by atoms with Crippen molar-refractivity contribution in [3.8, 4) is 0 Å². The van der Waals surface area contributed by atoms with Gasteiger partial charge in [0.2, 0.25) is 5.95 Å². The van der Waals surface area contributed by atoms with Crippen LogP contribution in [-0.4, -0.2) is 52.6 Å². The largest absolute Gasteiger partial charge is 0.338 e. The van der Waals surface area contributed by atoms with Gasteiger partial charge in [0.05, 0.1) is 4.47 Å². The number of halogens is 1. The number of hydrogen-bond donors (Lipinski definition) is 0. The van der Waals surface area contributed by atoms with E-state index in [0.29, 0.717) is 0 Å². The minimum Gasteiger partial charge on any atom is -0.338 e. The van der Waals surface area contributed by atoms with E-state index in [4.69, 9.17) is 0 Å². The van der Waals surface area contributed by atoms with Crippen molar-refractivity contribution in [1.82, 2.24) is 19.9 Å². The van der Waals surface area contributed by atoms with E-state index in [1.54, 1.807) is 12.4 Å². The van der Waals surface area contributed by atoms with Gasteiger partial charge in [0.25, 0.3) is 0 Å². The number of rotatable bonds is 4. The standard InChI is InChI=1S/C15H18BrN5/c16-14-11-18-15(19-12-14)21-9-7-20(8-10-21)6-3-13-1-4-17-5-2-13/h1-2,4-5,11-12H,3,6-10H2. The normalized spacial score (nSPS) is 16.1. The van der Waals surface area contributed by atoms with Crippen LogP contribution in [0.1, 0.15) is 5.56 Å². The molecule has 21 heavy (non-hydrogen) atoms. The summed E-state index contributed by atoms with van der Waals surface area (Å²) in [7, 11) is 0. The van der Waals surface area contributed by atoms with Crippen molar-refractivity contribution in [2.24, 2.45) is 0 Å². The van der Waals surface area contributed by atoms with E-state index in [0.717, 1.165) is 49.6 Å². The second kappa shape index (κ2) is 6.95. The molecule has 2 aromatic heterocycles. The zero-order valence-corrected chi connectivity index (χ0v) is 13.4. The molecule has 6 heteroatoms. The summed E-state index contributed by atoms with van der Waals surface area (Å²) in [6.45, 7) is 5.18. The lowest BCUT2D eigenvalue weighted by Crippen LogP contribution is -2.47. The Bertz CT molecular complexity index is 552. The number of piperazine rings is 1. The molecule has 0 amide bonds. The van der Waals surface area contributed by atoms with Crippen LogP contribution in [0.5, 0.6) is 0 Å². The maximum Gasteiger partial charge on any atom is 0.225 e. The molecule has 2 aromatic rings. The van der Waals surface area contributed by atoms with Gasteiger partial charge in [-0.25, -0.2) is 9.97 Å². The van der Waals surface area contributed by atoms with Gasteiger partial charge >= 0.3 is 0 Å². The monoisotopic (exact) mass is 347 g/mol. The smallest absolute Gasteiger partial charge is 0.225 e. The molecule has 0 unspecified atom stereocenters. The molecule has 1 saturated heterocycles. The predicted octanol–water partition coefficient (Wildman–Crippen LogP) is 2.00. The van der Waals surface area contributed by atoms with Crippen LogP contribution in [0.4, 0.5) is 5.95 Å². The molecule has 3 heterocycles. The Morgan fingerprint density at radius 1 is 1.00 bits per heavy atom. The summed E-state index contributed by atoms with van der Waals surface area (Å²) in [6.07, 6.45) is 8.41. The van der Waals surface area contributed by atoms with Crippen molar-refractivity contribution < 1.29 is 0 Å². The van der Waals surface area contributed by atoms with Crippen LogP contribution in [-0.2, 0) is 6.42 Å². The summed E-state index contributed by atoms with van der Waals surface area (Å²) in [5.41, 5.74) is 1.35. The van der Waals surface area contributed by atoms with Gasteiger partial charge in [0, 0.05) is 57.5 Å². The van der Waals surface area contributed by atoms with Crippen LogP contribution in [0.2, 0.25) is 0 Å². The minimum absolute atomic E-state index is 0.826. The molecule has 0 atom stereocenters. The van der Waals surface area contributed by atoms with E-state index in [1.165, 1.54) is 5.56 Å². The fraction of sp³-hybridized carbons (Fsp3) is 0.400. The molecule has 110 valence electrons. The number of nitrogens with zero attached hydrogens (tertiary/aromatic N) is 5. The third-order valence-corrected chi connectivity index (χ3v) is 4.14. The molecular formula is C15H18BrN5. The first kappa shape index (κ1) is 14.4. The number of hydrogen-bond acceptors (Lipinski definition) is 5. The third kappa shape index (κ3) is 3.98. The Kier molecular flexibility index (Phi) is 4.77. The molecule has 3 rings (SSSR count). The van der Waals surface area contributed by atoms with Gasteiger partial charge < -0.3 is 4.90 Å². The number of pyridine rings is 1. The lowest BCUT2D eigenvalue weighted by atomic mass is 10.2. The second-order valence-corrected chi connectivity index (χ2v) is 6.05. The molecule has 5 nitrogen and oxygen atoms in total. The van der Waals surface area contributed by atoms with E-state index in [9.17, 15) is 0 Å². The topological polar surface area (TPSA) is 45.2 Å². The van der Waals surface area contributed by atoms with Crippen LogP contribution in [0.25, 0.3) is 0 Å². The van der Waals surface area contributed by atoms with Crippen molar-refractivity contribution in [1.29, 1.82) is 0 Å². The molecule has 0 saturated carbocycles. The van der Waals surface area contributed by atoms with E-state index >= 15 is 0 Å². The molecule has 0 aromatic carbocycles. The number of aromatic nitrogens is 3. The van der Waals surface area contributed by atoms with Crippen molar-refractivity contribution in [3.05, 3.63) is 47.0 Å². The fourth-order valence-electron chi connectivity index (χ4n) is 2.48. The van der Waals surface area contributed by atoms with E-state index in [1.807, 2.05) is 12.4 Å². The Labute approximate surface area is 133 Å². The van der Waals surface area contributed by atoms with E-state index in [2.05, 4.69) is 52.8 Å². The summed E-state index contributed by atoms with van der Waals surface area (Å²) in [5.74, 6) is 0.826. The summed E-state index contributed by atoms with van der Waals surface area (Å²) < 4.78 is 0.919. The van der Waals surface area contributed by atoms with Crippen LogP contribution in [0.3, 0.4) is 0 Å². The Balaban J connectivity index is 1.48. The van der Waals surface area contributed by atoms with Crippen LogP contribution >= 0.6 is 15.9 Å². The van der Waals surface area contributed by atoms with Crippen molar-refractivity contribution >= 4 is 21.9 Å². The summed E-state index contributed by atoms with van der Waals surface area (Å²) in [4.78, 5) is 17.5. The highest BCUT2D eigenvalue weighted by molar-refractivity contribution is 9.10. The minimum atomic E-state index is 0.826. The van der Waals surface area contributed by atoms with E-state index in [-0.39, 0.29) is 0 Å². The summed E-state index contributed by atoms with van der Waals surface area (Å²) in [6, 6.07) is 4.18. The van der Waals surface area contributed by atoms with Gasteiger partial charge in [-0.05, 0) is 40.0 Å². The van der Waals surface area contributed by atoms with Crippen LogP contribution in [0, 0.1) is 0 Å². The Morgan fingerprint density at radius 2 is 1.67 bits per heavy atom. The molecule has 0 bridgehead atoms. The quantitative estimate of drug-likeness (QED) is 0.846. The molecular weight excluding hydrogens is 330 g/mol. The highest BCUT2D eigenvalue weighted by Gasteiger charge is 2.18. The first-order chi connectivity index (χ1) is 10.3. The molecule has 0 spiro atoms. The molecule has 0 N–H and O–H groups in total. The van der Waals surface area contributed by atoms with E-state index < -0.39 is 0 Å². The van der Waals surface area contributed by atoms with Gasteiger partial charge in [-0.2, -0.15) is 0 Å². The maximum atomic E-state index is 4.36. The molecule has 1 aliphatic heterocycles. The van der Waals surface area contributed by atoms with Gasteiger partial charge in [-0.1, -0.05) is 0 Å². The Hall–Kier alpha value is -1.53. The highest BCUT2D eigenvalue weighted by Crippen LogP contribution is 2.13. The first-order valence-electron chi connectivity index (χ1n) is 7.15. The summed E-state index contributed by atoms with van der Waals surface area (Å²) in [5, 5.41) is 0. The zero-order chi connectivity index (χ0) is 14.5. The average Bonchev–Trinajstić information content (AvgIpc) is 2.55. The molecule has 1 aliphatic rings. The maximum absolute atomic E-state index is 4.36. The lowest BCUT2D eigenvalue weighted by Gasteiger charge is -2.34. The fourth-order valence-corrected chi connectivity index (χ4v) is 2.68. The van der Waals surface area contributed by atoms with Crippen molar-refractivity contribution in [2.75, 3.05) is 37.6 Å². The lowest BCUT2D eigenvalue weighted by molar-refractivity contribution is 0.259. The zero-order valence-electron chi connectivity index (χ0n) is 11.8. The second-order valence-electron chi connectivity index (χ2n) is 5.14. The molecule has 1 fully saturated rings. The first-order valence-corrected chi connectivity index (χ1v) is 7.94. The number of anilines is 1. The third-order valence-electron chi connectivity index (χ3n) is 3.73. The molecule has 0 radical (unpaired) electrons. The van der Waals surface area contributed by atoms with Crippen LogP contribution < -0.4 is 4.90 Å². The van der Waals surface area contributed by atoms with Gasteiger partial charge in [0.1, 0.15) is 0 Å². The van der Waals surface area contributed by atoms with Gasteiger partial charge in [-0.15, -0.1) is 0 Å². The Morgan fingerprint density at radius 3 is 2.33 bits per heavy atom. The predicted molar refractivity (Wildman–Crippen MR) is 86.3 cm³/mol. The SMILES string of the molecule is Brc1cnc(N2CCN(CCc3ccncc3)CC2)nc1. The van der Waals surface area contributed by atoms with Gasteiger partial charge in [0.15, 0.2) is 0 Å². The summed E-state index contributed by atoms with van der Waals surface area (Å²) >= 11 is 3.37. The van der Waals surface area contributed by atoms with Crippen molar-refractivity contribution in [2.45, 2.75) is 6.42 Å². The molecule has 0 aliphatic carbocycles.